The lowest BCUT2D eigenvalue weighted by Crippen LogP contribution is -2.50. The summed E-state index contributed by atoms with van der Waals surface area (Å²) in [6, 6.07) is 10.9. The fourth-order valence-corrected chi connectivity index (χ4v) is 4.13. The third-order valence-electron chi connectivity index (χ3n) is 4.58. The number of halogens is 1. The molecule has 0 bridgehead atoms. The standard InChI is InChI=1S/C20H19ClN4O3S/c1-4-29-20-23-19(26)17-11-7-5-6-8-14(11)22-18(25(17)24-20)12-9-15(27-2)16(28-3)10-13(12)21/h5-10,18H,4H2,1-3H3,(H,23,24,26). The first kappa shape index (κ1) is 19.6. The summed E-state index contributed by atoms with van der Waals surface area (Å²) >= 11 is 8.03. The van der Waals surface area contributed by atoms with Gasteiger partial charge in [-0.2, -0.15) is 0 Å². The van der Waals surface area contributed by atoms with Gasteiger partial charge in [0.2, 0.25) is 0 Å². The van der Waals surface area contributed by atoms with Crippen LogP contribution in [-0.4, -0.2) is 36.1 Å². The van der Waals surface area contributed by atoms with E-state index < -0.39 is 6.17 Å². The maximum Gasteiger partial charge on any atom is 0.276 e. The first-order valence-corrected chi connectivity index (χ1v) is 10.3. The molecular weight excluding hydrogens is 412 g/mol. The number of ether oxygens (including phenoxy) is 2. The fraction of sp³-hybridized carbons (Fsp3) is 0.250. The predicted octanol–water partition coefficient (Wildman–Crippen LogP) is 2.25. The third kappa shape index (κ3) is 3.42. The number of thioether (sulfide) groups is 1. The number of carbonyl (C=O) groups is 1. The van der Waals surface area contributed by atoms with Crippen LogP contribution in [0.3, 0.4) is 0 Å². The molecule has 2 aliphatic rings. The minimum absolute atomic E-state index is 0.222. The van der Waals surface area contributed by atoms with Gasteiger partial charge < -0.3 is 9.47 Å². The van der Waals surface area contributed by atoms with Gasteiger partial charge in [-0.25, -0.2) is 5.01 Å². The van der Waals surface area contributed by atoms with Gasteiger partial charge in [0, 0.05) is 16.8 Å². The molecule has 0 radical (unpaired) electrons. The van der Waals surface area contributed by atoms with Crippen LogP contribution in [-0.2, 0) is 4.79 Å². The summed E-state index contributed by atoms with van der Waals surface area (Å²) in [6.45, 7) is 2.00. The zero-order valence-corrected chi connectivity index (χ0v) is 17.7. The summed E-state index contributed by atoms with van der Waals surface area (Å²) in [5.74, 6) is 1.59. The van der Waals surface area contributed by atoms with E-state index in [-0.39, 0.29) is 5.91 Å². The Morgan fingerprint density at radius 2 is 1.93 bits per heavy atom. The molecule has 0 spiro atoms. The molecular formula is C20H19ClN4O3S. The molecule has 0 fully saturated rings. The second kappa shape index (κ2) is 7.96. The highest BCUT2D eigenvalue weighted by Gasteiger charge is 2.35. The van der Waals surface area contributed by atoms with Gasteiger partial charge in [0.15, 0.2) is 22.8 Å². The number of rotatable bonds is 4. The van der Waals surface area contributed by atoms with Crippen molar-refractivity contribution >= 4 is 40.1 Å². The lowest BCUT2D eigenvalue weighted by molar-refractivity contribution is -0.116. The summed E-state index contributed by atoms with van der Waals surface area (Å²) in [5.41, 5.74) is 1.10. The monoisotopic (exact) mass is 430 g/mol. The van der Waals surface area contributed by atoms with Crippen LogP contribution in [0.5, 0.6) is 11.5 Å². The van der Waals surface area contributed by atoms with Crippen molar-refractivity contribution in [1.29, 1.82) is 0 Å². The second-order valence-electron chi connectivity index (χ2n) is 6.23. The molecule has 2 aliphatic heterocycles. The molecule has 1 N–H and O–H groups in total. The number of methoxy groups -OCH3 is 2. The van der Waals surface area contributed by atoms with Crippen LogP contribution >= 0.6 is 23.4 Å². The minimum Gasteiger partial charge on any atom is -0.493 e. The van der Waals surface area contributed by atoms with Crippen LogP contribution < -0.4 is 25.4 Å². The molecule has 7 nitrogen and oxygen atoms in total. The number of benzene rings is 2. The maximum atomic E-state index is 13.0. The molecule has 0 saturated carbocycles. The minimum atomic E-state index is -0.620. The van der Waals surface area contributed by atoms with Gasteiger partial charge in [-0.1, -0.05) is 48.5 Å². The van der Waals surface area contributed by atoms with E-state index in [9.17, 15) is 4.79 Å². The Morgan fingerprint density at radius 1 is 1.21 bits per heavy atom. The van der Waals surface area contributed by atoms with E-state index in [1.54, 1.807) is 31.4 Å². The molecule has 29 heavy (non-hydrogen) atoms. The number of hydrazone groups is 1. The highest BCUT2D eigenvalue weighted by atomic mass is 35.5. The van der Waals surface area contributed by atoms with E-state index in [0.717, 1.165) is 11.0 Å². The Bertz CT molecular complexity index is 1140. The van der Waals surface area contributed by atoms with Crippen LogP contribution in [0.2, 0.25) is 5.02 Å². The van der Waals surface area contributed by atoms with Crippen molar-refractivity contribution in [2.24, 2.45) is 10.1 Å². The number of nitrogens with one attached hydrogen (secondary N) is 1. The van der Waals surface area contributed by atoms with Gasteiger partial charge in [-0.15, -0.1) is 5.10 Å². The topological polar surface area (TPSA) is 75.5 Å². The highest BCUT2D eigenvalue weighted by Crippen LogP contribution is 2.40. The number of amidine groups is 1. The van der Waals surface area contributed by atoms with Gasteiger partial charge in [-0.05, 0) is 17.9 Å². The Hall–Kier alpha value is -2.71. The Labute approximate surface area is 177 Å². The molecule has 1 amide bonds. The average molecular weight is 431 g/mol. The fourth-order valence-electron chi connectivity index (χ4n) is 3.30. The molecule has 2 aromatic carbocycles. The van der Waals surface area contributed by atoms with E-state index in [1.165, 1.54) is 11.8 Å². The molecule has 0 aliphatic carbocycles. The summed E-state index contributed by atoms with van der Waals surface area (Å²) < 4.78 is 10.8. The largest absolute Gasteiger partial charge is 0.493 e. The average Bonchev–Trinajstić information content (AvgIpc) is 2.73. The Balaban J connectivity index is 1.96. The molecule has 9 heteroatoms. The van der Waals surface area contributed by atoms with Crippen molar-refractivity contribution in [3.05, 3.63) is 57.6 Å². The predicted molar refractivity (Wildman–Crippen MR) is 113 cm³/mol. The molecule has 0 aromatic heterocycles. The Kier molecular flexibility index (Phi) is 5.38. The van der Waals surface area contributed by atoms with Gasteiger partial charge in [-0.3, -0.25) is 15.1 Å². The van der Waals surface area contributed by atoms with Crippen LogP contribution in [0, 0.1) is 0 Å². The van der Waals surface area contributed by atoms with Crippen LogP contribution in [0.1, 0.15) is 18.7 Å². The number of carbonyl (C=O) groups excluding carboxylic acids is 1. The van der Waals surface area contributed by atoms with Gasteiger partial charge in [0.25, 0.3) is 5.91 Å². The summed E-state index contributed by atoms with van der Waals surface area (Å²) in [6.07, 6.45) is -0.620. The number of amides is 1. The van der Waals surface area contributed by atoms with Crippen LogP contribution in [0.4, 0.5) is 0 Å². The number of hydrogen-bond acceptors (Lipinski definition) is 7. The van der Waals surface area contributed by atoms with E-state index in [2.05, 4.69) is 10.4 Å². The smallest absolute Gasteiger partial charge is 0.276 e. The van der Waals surface area contributed by atoms with Crippen LogP contribution in [0.25, 0.3) is 5.70 Å². The summed E-state index contributed by atoms with van der Waals surface area (Å²) in [4.78, 5) is 17.8. The highest BCUT2D eigenvalue weighted by molar-refractivity contribution is 8.13. The number of nitrogens with zero attached hydrogens (tertiary/aromatic N) is 3. The number of para-hydroxylation sites is 1. The summed E-state index contributed by atoms with van der Waals surface area (Å²) in [5, 5.41) is 11.5. The normalized spacial score (nSPS) is 17.6. The van der Waals surface area contributed by atoms with E-state index in [0.29, 0.717) is 38.3 Å². The molecule has 150 valence electrons. The lowest BCUT2D eigenvalue weighted by atomic mass is 10.1. The lowest BCUT2D eigenvalue weighted by Gasteiger charge is -2.34. The van der Waals surface area contributed by atoms with Gasteiger partial charge >= 0.3 is 0 Å². The van der Waals surface area contributed by atoms with E-state index in [4.69, 9.17) is 26.1 Å². The number of hydrogen-bond donors (Lipinski definition) is 1. The molecule has 4 rings (SSSR count). The SMILES string of the molecule is CCSC1=NN2C(=c3ccccc3=NC2c2cc(OC)c(OC)cc2Cl)C(=O)N1. The second-order valence-corrected chi connectivity index (χ2v) is 7.89. The maximum absolute atomic E-state index is 13.0. The Morgan fingerprint density at radius 3 is 2.66 bits per heavy atom. The third-order valence-corrected chi connectivity index (χ3v) is 5.65. The number of fused-ring (bicyclic) bond motifs is 2. The molecule has 2 aromatic rings. The van der Waals surface area contributed by atoms with E-state index >= 15 is 0 Å². The molecule has 0 saturated heterocycles. The van der Waals surface area contributed by atoms with Crippen molar-refractivity contribution in [2.45, 2.75) is 13.1 Å². The summed E-state index contributed by atoms with van der Waals surface area (Å²) in [7, 11) is 3.11. The van der Waals surface area contributed by atoms with Crippen molar-refractivity contribution < 1.29 is 14.3 Å². The van der Waals surface area contributed by atoms with E-state index in [1.807, 2.05) is 31.2 Å². The molecule has 1 unspecified atom stereocenters. The first-order chi connectivity index (χ1) is 14.1. The van der Waals surface area contributed by atoms with Crippen molar-refractivity contribution in [1.82, 2.24) is 10.3 Å². The zero-order valence-electron chi connectivity index (χ0n) is 16.1. The van der Waals surface area contributed by atoms with Crippen LogP contribution in [0.15, 0.2) is 46.5 Å². The molecule has 1 atom stereocenters. The first-order valence-electron chi connectivity index (χ1n) is 8.98. The van der Waals surface area contributed by atoms with Crippen molar-refractivity contribution in [2.75, 3.05) is 20.0 Å². The van der Waals surface area contributed by atoms with Crippen molar-refractivity contribution in [3.63, 3.8) is 0 Å². The van der Waals surface area contributed by atoms with Gasteiger partial charge in [0.05, 0.1) is 24.6 Å². The quantitative estimate of drug-likeness (QED) is 0.805. The molecule has 2 heterocycles. The van der Waals surface area contributed by atoms with Crippen molar-refractivity contribution in [3.8, 4) is 11.5 Å². The van der Waals surface area contributed by atoms with Gasteiger partial charge in [0.1, 0.15) is 5.70 Å². The zero-order chi connectivity index (χ0) is 20.5.